The van der Waals surface area contributed by atoms with E-state index in [1.54, 1.807) is 19.1 Å². The average Bonchev–Trinajstić information content (AvgIpc) is 2.41. The molecule has 0 saturated heterocycles. The SMILES string of the molecule is Cc1c(Br)cccc1C(=O)Nc1cc(Cl)ccc1[N+](=O)[O-]. The van der Waals surface area contributed by atoms with E-state index in [9.17, 15) is 14.9 Å². The molecule has 0 aliphatic carbocycles. The molecule has 0 heterocycles. The molecule has 0 aliphatic rings. The van der Waals surface area contributed by atoms with Crippen LogP contribution in [0.5, 0.6) is 0 Å². The van der Waals surface area contributed by atoms with Crippen molar-refractivity contribution in [3.05, 3.63) is 67.1 Å². The molecule has 0 unspecified atom stereocenters. The number of nitrogens with zero attached hydrogens (tertiary/aromatic N) is 1. The van der Waals surface area contributed by atoms with Crippen molar-refractivity contribution in [2.45, 2.75) is 6.92 Å². The normalized spacial score (nSPS) is 10.2. The van der Waals surface area contributed by atoms with Gasteiger partial charge in [0.05, 0.1) is 4.92 Å². The number of halogens is 2. The van der Waals surface area contributed by atoms with Gasteiger partial charge < -0.3 is 5.32 Å². The second-order valence-corrected chi connectivity index (χ2v) is 5.58. The monoisotopic (exact) mass is 368 g/mol. The quantitative estimate of drug-likeness (QED) is 0.636. The van der Waals surface area contributed by atoms with Crippen LogP contribution in [0.25, 0.3) is 0 Å². The fourth-order valence-corrected chi connectivity index (χ4v) is 2.35. The number of hydrogen-bond acceptors (Lipinski definition) is 3. The van der Waals surface area contributed by atoms with Gasteiger partial charge in [-0.15, -0.1) is 0 Å². The first-order valence-electron chi connectivity index (χ1n) is 5.90. The maximum absolute atomic E-state index is 12.3. The Hall–Kier alpha value is -1.92. The van der Waals surface area contributed by atoms with Crippen LogP contribution in [-0.4, -0.2) is 10.8 Å². The van der Waals surface area contributed by atoms with Crippen LogP contribution in [0.1, 0.15) is 15.9 Å². The molecular weight excluding hydrogens is 360 g/mol. The summed E-state index contributed by atoms with van der Waals surface area (Å²) in [7, 11) is 0. The summed E-state index contributed by atoms with van der Waals surface area (Å²) < 4.78 is 0.788. The van der Waals surface area contributed by atoms with E-state index < -0.39 is 10.8 Å². The minimum absolute atomic E-state index is 0.0666. The molecule has 5 nitrogen and oxygen atoms in total. The number of benzene rings is 2. The third-order valence-electron chi connectivity index (χ3n) is 2.92. The molecule has 7 heteroatoms. The second kappa shape index (κ2) is 6.24. The summed E-state index contributed by atoms with van der Waals surface area (Å²) in [6.07, 6.45) is 0. The number of rotatable bonds is 3. The fourth-order valence-electron chi connectivity index (χ4n) is 1.81. The lowest BCUT2D eigenvalue weighted by molar-refractivity contribution is -0.383. The standard InChI is InChI=1S/C14H10BrClN2O3/c1-8-10(3-2-4-11(8)15)14(19)17-12-7-9(16)5-6-13(12)18(20)21/h2-7H,1H3,(H,17,19). The summed E-state index contributed by atoms with van der Waals surface area (Å²) in [5.74, 6) is -0.431. The van der Waals surface area contributed by atoms with Crippen molar-refractivity contribution < 1.29 is 9.72 Å². The van der Waals surface area contributed by atoms with Crippen molar-refractivity contribution in [3.63, 3.8) is 0 Å². The Morgan fingerprint density at radius 3 is 2.71 bits per heavy atom. The minimum atomic E-state index is -0.570. The van der Waals surface area contributed by atoms with Gasteiger partial charge in [-0.05, 0) is 36.8 Å². The van der Waals surface area contributed by atoms with Crippen molar-refractivity contribution in [1.29, 1.82) is 0 Å². The molecule has 1 N–H and O–H groups in total. The number of hydrogen-bond donors (Lipinski definition) is 1. The molecule has 2 aromatic rings. The number of carbonyl (C=O) groups excluding carboxylic acids is 1. The first kappa shape index (κ1) is 15.5. The summed E-state index contributed by atoms with van der Waals surface area (Å²) in [6.45, 7) is 1.78. The van der Waals surface area contributed by atoms with Gasteiger partial charge in [-0.3, -0.25) is 14.9 Å². The Morgan fingerprint density at radius 2 is 2.05 bits per heavy atom. The van der Waals surface area contributed by atoms with Crippen LogP contribution < -0.4 is 5.32 Å². The van der Waals surface area contributed by atoms with E-state index in [2.05, 4.69) is 21.2 Å². The van der Waals surface area contributed by atoms with Gasteiger partial charge in [0.1, 0.15) is 5.69 Å². The van der Waals surface area contributed by atoms with E-state index in [1.807, 2.05) is 6.07 Å². The smallest absolute Gasteiger partial charge is 0.292 e. The van der Waals surface area contributed by atoms with E-state index in [0.29, 0.717) is 10.6 Å². The lowest BCUT2D eigenvalue weighted by Crippen LogP contribution is -2.14. The zero-order chi connectivity index (χ0) is 15.6. The van der Waals surface area contributed by atoms with E-state index in [-0.39, 0.29) is 11.4 Å². The van der Waals surface area contributed by atoms with Gasteiger partial charge >= 0.3 is 0 Å². The predicted molar refractivity (Wildman–Crippen MR) is 84.9 cm³/mol. The lowest BCUT2D eigenvalue weighted by Gasteiger charge is -2.09. The number of amides is 1. The molecule has 0 fully saturated rings. The topological polar surface area (TPSA) is 72.2 Å². The van der Waals surface area contributed by atoms with Crippen LogP contribution in [0, 0.1) is 17.0 Å². The van der Waals surface area contributed by atoms with Crippen LogP contribution in [0.15, 0.2) is 40.9 Å². The Kier molecular flexibility index (Phi) is 4.59. The summed E-state index contributed by atoms with van der Waals surface area (Å²) in [5.41, 5.74) is 1.04. The summed E-state index contributed by atoms with van der Waals surface area (Å²) in [5, 5.41) is 13.8. The number of nitro groups is 1. The Balaban J connectivity index is 2.38. The first-order valence-corrected chi connectivity index (χ1v) is 7.07. The lowest BCUT2D eigenvalue weighted by atomic mass is 10.1. The molecule has 0 atom stereocenters. The highest BCUT2D eigenvalue weighted by Crippen LogP contribution is 2.28. The Bertz CT molecular complexity index is 734. The van der Waals surface area contributed by atoms with E-state index in [0.717, 1.165) is 10.0 Å². The van der Waals surface area contributed by atoms with Gasteiger partial charge in [0.25, 0.3) is 11.6 Å². The van der Waals surface area contributed by atoms with Crippen LogP contribution in [0.3, 0.4) is 0 Å². The highest BCUT2D eigenvalue weighted by Gasteiger charge is 2.18. The second-order valence-electron chi connectivity index (χ2n) is 4.29. The maximum Gasteiger partial charge on any atom is 0.292 e. The third-order valence-corrected chi connectivity index (χ3v) is 4.01. The molecule has 2 rings (SSSR count). The van der Waals surface area contributed by atoms with Crippen molar-refractivity contribution in [1.82, 2.24) is 0 Å². The first-order chi connectivity index (χ1) is 9.90. The van der Waals surface area contributed by atoms with Crippen molar-refractivity contribution >= 4 is 44.8 Å². The molecule has 2 aromatic carbocycles. The van der Waals surface area contributed by atoms with Gasteiger partial charge in [-0.25, -0.2) is 0 Å². The highest BCUT2D eigenvalue weighted by atomic mass is 79.9. The molecule has 108 valence electrons. The van der Waals surface area contributed by atoms with Crippen molar-refractivity contribution in [2.75, 3.05) is 5.32 Å². The van der Waals surface area contributed by atoms with Crippen LogP contribution in [-0.2, 0) is 0 Å². The molecule has 0 bridgehead atoms. The van der Waals surface area contributed by atoms with Gasteiger partial charge in [-0.1, -0.05) is 33.6 Å². The Morgan fingerprint density at radius 1 is 1.33 bits per heavy atom. The van der Waals surface area contributed by atoms with Gasteiger partial charge in [0.2, 0.25) is 0 Å². The van der Waals surface area contributed by atoms with Crippen LogP contribution in [0.2, 0.25) is 5.02 Å². The van der Waals surface area contributed by atoms with Gasteiger partial charge in [0, 0.05) is 21.1 Å². The zero-order valence-electron chi connectivity index (χ0n) is 10.9. The molecule has 21 heavy (non-hydrogen) atoms. The molecule has 1 amide bonds. The molecule has 0 aliphatic heterocycles. The maximum atomic E-state index is 12.3. The van der Waals surface area contributed by atoms with Gasteiger partial charge in [-0.2, -0.15) is 0 Å². The summed E-state index contributed by atoms with van der Waals surface area (Å²) in [6, 6.07) is 9.19. The van der Waals surface area contributed by atoms with Crippen molar-refractivity contribution in [2.24, 2.45) is 0 Å². The Labute approximate surface area is 134 Å². The average molecular weight is 370 g/mol. The molecule has 0 spiro atoms. The minimum Gasteiger partial charge on any atom is -0.316 e. The number of nitro benzene ring substituents is 1. The molecule has 0 radical (unpaired) electrons. The van der Waals surface area contributed by atoms with E-state index >= 15 is 0 Å². The summed E-state index contributed by atoms with van der Waals surface area (Å²) >= 11 is 9.17. The third kappa shape index (κ3) is 3.40. The largest absolute Gasteiger partial charge is 0.316 e. The summed E-state index contributed by atoms with van der Waals surface area (Å²) in [4.78, 5) is 22.7. The van der Waals surface area contributed by atoms with Crippen molar-refractivity contribution in [3.8, 4) is 0 Å². The molecular formula is C14H10BrClN2O3. The number of anilines is 1. The molecule has 0 saturated carbocycles. The van der Waals surface area contributed by atoms with Gasteiger partial charge in [0.15, 0.2) is 0 Å². The molecule has 0 aromatic heterocycles. The highest BCUT2D eigenvalue weighted by molar-refractivity contribution is 9.10. The zero-order valence-corrected chi connectivity index (χ0v) is 13.2. The van der Waals surface area contributed by atoms with Crippen LogP contribution in [0.4, 0.5) is 11.4 Å². The number of nitrogens with one attached hydrogen (secondary N) is 1. The fraction of sp³-hybridized carbons (Fsp3) is 0.0714. The predicted octanol–water partition coefficient (Wildman–Crippen LogP) is 4.57. The van der Waals surface area contributed by atoms with Crippen LogP contribution >= 0.6 is 27.5 Å². The van der Waals surface area contributed by atoms with E-state index in [4.69, 9.17) is 11.6 Å². The van der Waals surface area contributed by atoms with E-state index in [1.165, 1.54) is 18.2 Å². The number of carbonyl (C=O) groups is 1.